The first-order chi connectivity index (χ1) is 10.2. The zero-order chi connectivity index (χ0) is 15.1. The summed E-state index contributed by atoms with van der Waals surface area (Å²) in [6.45, 7) is 2.18. The van der Waals surface area contributed by atoms with Crippen molar-refractivity contribution in [3.05, 3.63) is 64.7 Å². The van der Waals surface area contributed by atoms with Crippen LogP contribution in [0.4, 0.5) is 5.69 Å². The minimum absolute atomic E-state index is 0.0291. The molecule has 21 heavy (non-hydrogen) atoms. The summed E-state index contributed by atoms with van der Waals surface area (Å²) in [4.78, 5) is 12.0. The smallest absolute Gasteiger partial charge is 0.228 e. The molecule has 0 spiro atoms. The van der Waals surface area contributed by atoms with Crippen molar-refractivity contribution in [1.29, 1.82) is 0 Å². The van der Waals surface area contributed by atoms with Crippen LogP contribution in [0, 0.1) is 0 Å². The minimum atomic E-state index is -0.0291. The zero-order valence-corrected chi connectivity index (χ0v) is 13.0. The van der Waals surface area contributed by atoms with E-state index < -0.39 is 0 Å². The maximum absolute atomic E-state index is 12.0. The van der Waals surface area contributed by atoms with Gasteiger partial charge in [0.1, 0.15) is 0 Å². The maximum atomic E-state index is 12.0. The molecule has 0 saturated carbocycles. The second-order valence-corrected chi connectivity index (χ2v) is 5.59. The number of benzene rings is 2. The van der Waals surface area contributed by atoms with Crippen molar-refractivity contribution in [2.24, 2.45) is 0 Å². The summed E-state index contributed by atoms with van der Waals surface area (Å²) in [6, 6.07) is 15.4. The van der Waals surface area contributed by atoms with Gasteiger partial charge in [-0.1, -0.05) is 49.2 Å². The summed E-state index contributed by atoms with van der Waals surface area (Å²) in [6.07, 6.45) is 3.81. The van der Waals surface area contributed by atoms with Crippen molar-refractivity contribution in [2.45, 2.75) is 32.6 Å². The largest absolute Gasteiger partial charge is 0.326 e. The van der Waals surface area contributed by atoms with Crippen molar-refractivity contribution < 1.29 is 4.79 Å². The number of nitrogens with one attached hydrogen (secondary N) is 1. The van der Waals surface area contributed by atoms with Gasteiger partial charge in [0.25, 0.3) is 0 Å². The summed E-state index contributed by atoms with van der Waals surface area (Å²) in [7, 11) is 0. The monoisotopic (exact) mass is 301 g/mol. The Labute approximate surface area is 131 Å². The number of hydrogen-bond acceptors (Lipinski definition) is 1. The fourth-order valence-corrected chi connectivity index (χ4v) is 2.39. The van der Waals surface area contributed by atoms with E-state index in [9.17, 15) is 4.79 Å². The summed E-state index contributed by atoms with van der Waals surface area (Å²) in [5.41, 5.74) is 3.06. The lowest BCUT2D eigenvalue weighted by atomic mass is 10.1. The van der Waals surface area contributed by atoms with Crippen molar-refractivity contribution in [2.75, 3.05) is 5.32 Å². The Morgan fingerprint density at radius 1 is 1.10 bits per heavy atom. The summed E-state index contributed by atoms with van der Waals surface area (Å²) in [5, 5.41) is 3.56. The van der Waals surface area contributed by atoms with Crippen LogP contribution in [0.3, 0.4) is 0 Å². The lowest BCUT2D eigenvalue weighted by molar-refractivity contribution is -0.115. The summed E-state index contributed by atoms with van der Waals surface area (Å²) < 4.78 is 0. The van der Waals surface area contributed by atoms with Crippen molar-refractivity contribution >= 4 is 23.2 Å². The molecule has 0 saturated heterocycles. The third-order valence-electron chi connectivity index (χ3n) is 3.31. The van der Waals surface area contributed by atoms with Gasteiger partial charge in [0, 0.05) is 10.7 Å². The molecular formula is C18H20ClNO. The van der Waals surface area contributed by atoms with E-state index in [1.807, 2.05) is 30.3 Å². The molecule has 0 unspecified atom stereocenters. The van der Waals surface area contributed by atoms with E-state index in [1.54, 1.807) is 6.07 Å². The quantitative estimate of drug-likeness (QED) is 0.811. The molecule has 0 atom stereocenters. The fraction of sp³-hybridized carbons (Fsp3) is 0.278. The van der Waals surface area contributed by atoms with Crippen LogP contribution in [0.1, 0.15) is 30.9 Å². The molecule has 1 N–H and O–H groups in total. The van der Waals surface area contributed by atoms with Crippen LogP contribution in [0.5, 0.6) is 0 Å². The molecule has 2 aromatic rings. The Balaban J connectivity index is 1.90. The van der Waals surface area contributed by atoms with Gasteiger partial charge in [0.05, 0.1) is 6.42 Å². The molecule has 0 bridgehead atoms. The van der Waals surface area contributed by atoms with E-state index in [1.165, 1.54) is 18.4 Å². The highest BCUT2D eigenvalue weighted by Crippen LogP contribution is 2.14. The number of carbonyl (C=O) groups is 1. The molecule has 0 heterocycles. The lowest BCUT2D eigenvalue weighted by Crippen LogP contribution is -2.14. The van der Waals surface area contributed by atoms with Crippen molar-refractivity contribution in [1.82, 2.24) is 0 Å². The van der Waals surface area contributed by atoms with Crippen LogP contribution in [-0.2, 0) is 17.6 Å². The lowest BCUT2D eigenvalue weighted by Gasteiger charge is -2.07. The highest BCUT2D eigenvalue weighted by Gasteiger charge is 2.04. The van der Waals surface area contributed by atoms with Gasteiger partial charge in [0.2, 0.25) is 5.91 Å². The third kappa shape index (κ3) is 5.24. The predicted molar refractivity (Wildman–Crippen MR) is 88.8 cm³/mol. The standard InChI is InChI=1S/C18H20ClNO/c1-2-3-5-14-8-10-17(11-9-14)20-18(21)13-15-6-4-7-16(19)12-15/h4,6-12H,2-3,5,13H2,1H3,(H,20,21). The van der Waals surface area contributed by atoms with Gasteiger partial charge in [-0.25, -0.2) is 0 Å². The highest BCUT2D eigenvalue weighted by molar-refractivity contribution is 6.30. The van der Waals surface area contributed by atoms with Crippen LogP contribution in [0.15, 0.2) is 48.5 Å². The number of hydrogen-bond donors (Lipinski definition) is 1. The van der Waals surface area contributed by atoms with Gasteiger partial charge in [-0.15, -0.1) is 0 Å². The molecule has 0 aliphatic heterocycles. The molecule has 0 aliphatic carbocycles. The molecule has 3 heteroatoms. The third-order valence-corrected chi connectivity index (χ3v) is 3.55. The Kier molecular flexibility index (Phi) is 5.82. The molecule has 2 nitrogen and oxygen atoms in total. The first-order valence-corrected chi connectivity index (χ1v) is 7.68. The Morgan fingerprint density at radius 2 is 1.86 bits per heavy atom. The minimum Gasteiger partial charge on any atom is -0.326 e. The fourth-order valence-electron chi connectivity index (χ4n) is 2.17. The zero-order valence-electron chi connectivity index (χ0n) is 12.2. The van der Waals surface area contributed by atoms with E-state index in [2.05, 4.69) is 24.4 Å². The molecule has 2 rings (SSSR count). The molecule has 0 radical (unpaired) electrons. The van der Waals surface area contributed by atoms with Crippen molar-refractivity contribution in [3.8, 4) is 0 Å². The number of rotatable bonds is 6. The molecule has 0 aromatic heterocycles. The van der Waals surface area contributed by atoms with Gasteiger partial charge >= 0.3 is 0 Å². The topological polar surface area (TPSA) is 29.1 Å². The SMILES string of the molecule is CCCCc1ccc(NC(=O)Cc2cccc(Cl)c2)cc1. The predicted octanol–water partition coefficient (Wildman–Crippen LogP) is 4.86. The van der Waals surface area contributed by atoms with Crippen LogP contribution >= 0.6 is 11.6 Å². The Bertz CT molecular complexity index is 592. The van der Waals surface area contributed by atoms with Crippen LogP contribution in [0.2, 0.25) is 5.02 Å². The van der Waals surface area contributed by atoms with E-state index in [4.69, 9.17) is 11.6 Å². The molecule has 1 amide bonds. The first kappa shape index (κ1) is 15.6. The average Bonchev–Trinajstić information content (AvgIpc) is 2.46. The number of halogens is 1. The van der Waals surface area contributed by atoms with Gasteiger partial charge in [-0.2, -0.15) is 0 Å². The molecule has 0 fully saturated rings. The number of unbranched alkanes of at least 4 members (excludes halogenated alkanes) is 1. The van der Waals surface area contributed by atoms with E-state index in [-0.39, 0.29) is 5.91 Å². The van der Waals surface area contributed by atoms with Gasteiger partial charge in [0.15, 0.2) is 0 Å². The Hall–Kier alpha value is -1.80. The molecule has 110 valence electrons. The van der Waals surface area contributed by atoms with Crippen LogP contribution in [-0.4, -0.2) is 5.91 Å². The number of aryl methyl sites for hydroxylation is 1. The van der Waals surface area contributed by atoms with E-state index in [0.717, 1.165) is 17.7 Å². The van der Waals surface area contributed by atoms with Crippen LogP contribution in [0.25, 0.3) is 0 Å². The number of carbonyl (C=O) groups excluding carboxylic acids is 1. The molecule has 0 aliphatic rings. The summed E-state index contributed by atoms with van der Waals surface area (Å²) in [5.74, 6) is -0.0291. The maximum Gasteiger partial charge on any atom is 0.228 e. The van der Waals surface area contributed by atoms with E-state index in [0.29, 0.717) is 11.4 Å². The Morgan fingerprint density at radius 3 is 2.52 bits per heavy atom. The number of amides is 1. The van der Waals surface area contributed by atoms with Crippen LogP contribution < -0.4 is 5.32 Å². The highest BCUT2D eigenvalue weighted by atomic mass is 35.5. The normalized spacial score (nSPS) is 10.4. The molecule has 2 aromatic carbocycles. The number of anilines is 1. The summed E-state index contributed by atoms with van der Waals surface area (Å²) >= 11 is 5.92. The average molecular weight is 302 g/mol. The van der Waals surface area contributed by atoms with E-state index >= 15 is 0 Å². The van der Waals surface area contributed by atoms with Crippen molar-refractivity contribution in [3.63, 3.8) is 0 Å². The van der Waals surface area contributed by atoms with Gasteiger partial charge < -0.3 is 5.32 Å². The van der Waals surface area contributed by atoms with Gasteiger partial charge in [-0.05, 0) is 48.2 Å². The first-order valence-electron chi connectivity index (χ1n) is 7.30. The van der Waals surface area contributed by atoms with Gasteiger partial charge in [-0.3, -0.25) is 4.79 Å². The molecular weight excluding hydrogens is 282 g/mol. The second kappa shape index (κ2) is 7.84. The second-order valence-electron chi connectivity index (χ2n) is 5.16.